The molecule has 0 bridgehead atoms. The molecule has 1 unspecified atom stereocenters. The molecule has 1 saturated heterocycles. The average Bonchev–Trinajstić information content (AvgIpc) is 2.78. The number of nitrogens with zero attached hydrogens (tertiary/aromatic N) is 3. The first-order valence-electron chi connectivity index (χ1n) is 9.54. The van der Waals surface area contributed by atoms with Gasteiger partial charge in [0.2, 0.25) is 0 Å². The summed E-state index contributed by atoms with van der Waals surface area (Å²) in [6.45, 7) is 1.62. The van der Waals surface area contributed by atoms with Gasteiger partial charge in [0.1, 0.15) is 5.75 Å². The van der Waals surface area contributed by atoms with Crippen LogP contribution in [0.3, 0.4) is 0 Å². The highest BCUT2D eigenvalue weighted by Crippen LogP contribution is 2.34. The van der Waals surface area contributed by atoms with E-state index < -0.39 is 6.10 Å². The fourth-order valence-corrected chi connectivity index (χ4v) is 3.75. The van der Waals surface area contributed by atoms with Crippen LogP contribution in [0, 0.1) is 11.3 Å². The first kappa shape index (κ1) is 18.1. The van der Waals surface area contributed by atoms with Gasteiger partial charge in [0.05, 0.1) is 23.9 Å². The lowest BCUT2D eigenvalue weighted by molar-refractivity contribution is -0.139. The Bertz CT molecular complexity index is 944. The van der Waals surface area contributed by atoms with Gasteiger partial charge < -0.3 is 14.5 Å². The fourth-order valence-electron chi connectivity index (χ4n) is 3.75. The summed E-state index contributed by atoms with van der Waals surface area (Å²) < 4.78 is 5.97. The zero-order chi connectivity index (χ0) is 19.5. The van der Waals surface area contributed by atoms with Crippen molar-refractivity contribution in [3.63, 3.8) is 0 Å². The SMILES string of the molecule is N#Cc1cccc(C(=O)N2CC(C(=O)N3CCCCC3)Oc3ccccc32)c1. The number of fused-ring (bicyclic) bond motifs is 1. The van der Waals surface area contributed by atoms with Crippen molar-refractivity contribution in [2.24, 2.45) is 0 Å². The van der Waals surface area contributed by atoms with Crippen LogP contribution in [0.4, 0.5) is 5.69 Å². The van der Waals surface area contributed by atoms with Crippen molar-refractivity contribution in [1.29, 1.82) is 5.26 Å². The number of rotatable bonds is 2. The molecule has 142 valence electrons. The number of hydrogen-bond donors (Lipinski definition) is 0. The molecule has 28 heavy (non-hydrogen) atoms. The predicted molar refractivity (Wildman–Crippen MR) is 104 cm³/mol. The first-order valence-corrected chi connectivity index (χ1v) is 9.54. The summed E-state index contributed by atoms with van der Waals surface area (Å²) in [7, 11) is 0. The van der Waals surface area contributed by atoms with E-state index in [9.17, 15) is 9.59 Å². The van der Waals surface area contributed by atoms with E-state index in [4.69, 9.17) is 10.00 Å². The van der Waals surface area contributed by atoms with Crippen molar-refractivity contribution in [3.8, 4) is 11.8 Å². The van der Waals surface area contributed by atoms with E-state index in [1.165, 1.54) is 0 Å². The second-order valence-corrected chi connectivity index (χ2v) is 7.07. The molecule has 0 saturated carbocycles. The lowest BCUT2D eigenvalue weighted by Crippen LogP contribution is -2.52. The van der Waals surface area contributed by atoms with Crippen LogP contribution in [-0.2, 0) is 4.79 Å². The Balaban J connectivity index is 1.64. The number of benzene rings is 2. The van der Waals surface area contributed by atoms with Crippen molar-refractivity contribution in [3.05, 3.63) is 59.7 Å². The molecule has 2 aliphatic rings. The van der Waals surface area contributed by atoms with Gasteiger partial charge in [0, 0.05) is 18.7 Å². The Kier molecular flexibility index (Phi) is 4.98. The quantitative estimate of drug-likeness (QED) is 0.809. The van der Waals surface area contributed by atoms with Gasteiger partial charge in [-0.3, -0.25) is 9.59 Å². The molecule has 1 fully saturated rings. The summed E-state index contributed by atoms with van der Waals surface area (Å²) >= 11 is 0. The molecular formula is C22H21N3O3. The number of para-hydroxylation sites is 2. The van der Waals surface area contributed by atoms with Gasteiger partial charge in [0.15, 0.2) is 6.10 Å². The van der Waals surface area contributed by atoms with E-state index in [-0.39, 0.29) is 18.4 Å². The molecule has 2 aromatic rings. The van der Waals surface area contributed by atoms with E-state index in [2.05, 4.69) is 6.07 Å². The summed E-state index contributed by atoms with van der Waals surface area (Å²) in [5.74, 6) is 0.205. The van der Waals surface area contributed by atoms with Gasteiger partial charge >= 0.3 is 0 Å². The molecule has 0 N–H and O–H groups in total. The molecule has 2 heterocycles. The maximum atomic E-state index is 13.2. The second kappa shape index (κ2) is 7.73. The molecule has 2 aromatic carbocycles. The van der Waals surface area contributed by atoms with E-state index >= 15 is 0 Å². The normalized spacial score (nSPS) is 18.6. The summed E-state index contributed by atoms with van der Waals surface area (Å²) in [6.07, 6.45) is 2.41. The lowest BCUT2D eigenvalue weighted by atomic mass is 10.1. The predicted octanol–water partition coefficient (Wildman–Crippen LogP) is 2.98. The summed E-state index contributed by atoms with van der Waals surface area (Å²) in [5, 5.41) is 9.13. The standard InChI is InChI=1S/C22H21N3O3/c23-14-16-7-6-8-17(13-16)21(26)25-15-20(22(27)24-11-4-1-5-12-24)28-19-10-3-2-9-18(19)25/h2-3,6-10,13,20H,1,4-5,11-12,15H2. The maximum Gasteiger partial charge on any atom is 0.265 e. The van der Waals surface area contributed by atoms with Crippen molar-refractivity contribution in [2.75, 3.05) is 24.5 Å². The Hall–Kier alpha value is -3.33. The highest BCUT2D eigenvalue weighted by molar-refractivity contribution is 6.08. The largest absolute Gasteiger partial charge is 0.476 e. The third-order valence-electron chi connectivity index (χ3n) is 5.20. The molecule has 0 aromatic heterocycles. The van der Waals surface area contributed by atoms with Crippen LogP contribution in [0.5, 0.6) is 5.75 Å². The zero-order valence-electron chi connectivity index (χ0n) is 15.5. The van der Waals surface area contributed by atoms with Crippen LogP contribution in [0.15, 0.2) is 48.5 Å². The third kappa shape index (κ3) is 3.44. The molecule has 2 amide bonds. The van der Waals surface area contributed by atoms with E-state index in [1.54, 1.807) is 35.2 Å². The van der Waals surface area contributed by atoms with Gasteiger partial charge in [-0.25, -0.2) is 0 Å². The third-order valence-corrected chi connectivity index (χ3v) is 5.20. The number of ether oxygens (including phenoxy) is 1. The van der Waals surface area contributed by atoms with Crippen molar-refractivity contribution in [2.45, 2.75) is 25.4 Å². The van der Waals surface area contributed by atoms with Gasteiger partial charge in [-0.2, -0.15) is 5.26 Å². The first-order chi connectivity index (χ1) is 13.7. The molecule has 2 aliphatic heterocycles. The minimum atomic E-state index is -0.726. The number of piperidine rings is 1. The van der Waals surface area contributed by atoms with Gasteiger partial charge in [-0.1, -0.05) is 18.2 Å². The topological polar surface area (TPSA) is 73.6 Å². The minimum Gasteiger partial charge on any atom is -0.476 e. The average molecular weight is 375 g/mol. The van der Waals surface area contributed by atoms with Crippen molar-refractivity contribution in [1.82, 2.24) is 4.90 Å². The fraction of sp³-hybridized carbons (Fsp3) is 0.318. The van der Waals surface area contributed by atoms with Crippen molar-refractivity contribution >= 4 is 17.5 Å². The van der Waals surface area contributed by atoms with Gasteiger partial charge in [0.25, 0.3) is 11.8 Å². The Morgan fingerprint density at radius 2 is 1.82 bits per heavy atom. The Morgan fingerprint density at radius 1 is 1.04 bits per heavy atom. The molecule has 1 atom stereocenters. The Morgan fingerprint density at radius 3 is 2.61 bits per heavy atom. The molecule has 6 heteroatoms. The van der Waals surface area contributed by atoms with E-state index in [0.717, 1.165) is 32.4 Å². The number of likely N-dealkylation sites (tertiary alicyclic amines) is 1. The maximum absolute atomic E-state index is 13.2. The van der Waals surface area contributed by atoms with Crippen LogP contribution < -0.4 is 9.64 Å². The van der Waals surface area contributed by atoms with Crippen LogP contribution in [-0.4, -0.2) is 42.5 Å². The van der Waals surface area contributed by atoms with Crippen LogP contribution >= 0.6 is 0 Å². The second-order valence-electron chi connectivity index (χ2n) is 7.07. The molecule has 0 radical (unpaired) electrons. The molecule has 4 rings (SSSR count). The summed E-state index contributed by atoms with van der Waals surface area (Å²) in [6, 6.07) is 15.9. The smallest absolute Gasteiger partial charge is 0.265 e. The molecular weight excluding hydrogens is 354 g/mol. The number of hydrogen-bond acceptors (Lipinski definition) is 4. The number of amides is 2. The minimum absolute atomic E-state index is 0.0715. The lowest BCUT2D eigenvalue weighted by Gasteiger charge is -2.37. The van der Waals surface area contributed by atoms with Crippen LogP contribution in [0.1, 0.15) is 35.2 Å². The molecule has 0 aliphatic carbocycles. The van der Waals surface area contributed by atoms with Crippen LogP contribution in [0.25, 0.3) is 0 Å². The van der Waals surface area contributed by atoms with E-state index in [0.29, 0.717) is 22.6 Å². The van der Waals surface area contributed by atoms with E-state index in [1.807, 2.05) is 23.1 Å². The summed E-state index contributed by atoms with van der Waals surface area (Å²) in [4.78, 5) is 29.6. The van der Waals surface area contributed by atoms with Crippen molar-refractivity contribution < 1.29 is 14.3 Å². The summed E-state index contributed by atoms with van der Waals surface area (Å²) in [5.41, 5.74) is 1.48. The highest BCUT2D eigenvalue weighted by Gasteiger charge is 2.36. The number of carbonyl (C=O) groups is 2. The highest BCUT2D eigenvalue weighted by atomic mass is 16.5. The zero-order valence-corrected chi connectivity index (χ0v) is 15.5. The Labute approximate surface area is 163 Å². The van der Waals surface area contributed by atoms with Gasteiger partial charge in [-0.15, -0.1) is 0 Å². The monoisotopic (exact) mass is 375 g/mol. The number of carbonyl (C=O) groups excluding carboxylic acids is 2. The number of anilines is 1. The van der Waals surface area contributed by atoms with Crippen LogP contribution in [0.2, 0.25) is 0 Å². The molecule has 0 spiro atoms. The van der Waals surface area contributed by atoms with Gasteiger partial charge in [-0.05, 0) is 49.6 Å². The number of nitriles is 1. The molecule has 6 nitrogen and oxygen atoms in total.